The molecule has 0 bridgehead atoms. The van der Waals surface area contributed by atoms with Crippen LogP contribution in [0.1, 0.15) is 11.1 Å². The Labute approximate surface area is 179 Å². The lowest BCUT2D eigenvalue weighted by atomic mass is 9.91. The number of fused-ring (bicyclic) bond motifs is 2. The molecule has 1 aromatic rings. The zero-order valence-electron chi connectivity index (χ0n) is 16.9. The first kappa shape index (κ1) is 19.2. The molecule has 4 amide bonds. The van der Waals surface area contributed by atoms with Gasteiger partial charge in [-0.15, -0.1) is 0 Å². The molecule has 0 aromatic heterocycles. The van der Waals surface area contributed by atoms with Gasteiger partial charge in [0.1, 0.15) is 11.5 Å². The van der Waals surface area contributed by atoms with Crippen molar-refractivity contribution >= 4 is 17.8 Å². The number of urea groups is 1. The van der Waals surface area contributed by atoms with Crippen LogP contribution in [0.4, 0.5) is 4.79 Å². The molecule has 1 aromatic carbocycles. The van der Waals surface area contributed by atoms with E-state index in [4.69, 9.17) is 9.47 Å². The number of imide groups is 1. The minimum atomic E-state index is -1.51. The standard InChI is InChI=1S/C23H21N3O5/c1-30-17-4-3-16-12-26(20(27)18(16)11-17)13-23(21(28)24-22(29)25-23)8-6-14-2-5-19-15(10-14)7-9-31-19/h2-5,10-11,16,18H,7,9,12-13H2,1H3,(H2,24,25,28,29)/t16?,18?,23-/m1/s1. The van der Waals surface area contributed by atoms with Crippen molar-refractivity contribution in [3.63, 3.8) is 0 Å². The summed E-state index contributed by atoms with van der Waals surface area (Å²) >= 11 is 0. The minimum absolute atomic E-state index is 0.00622. The van der Waals surface area contributed by atoms with Crippen molar-refractivity contribution in [3.05, 3.63) is 53.3 Å². The van der Waals surface area contributed by atoms with E-state index in [1.54, 1.807) is 18.1 Å². The fourth-order valence-electron chi connectivity index (χ4n) is 4.42. The summed E-state index contributed by atoms with van der Waals surface area (Å²) in [5, 5.41) is 4.90. The van der Waals surface area contributed by atoms with E-state index in [-0.39, 0.29) is 24.3 Å². The molecule has 3 aliphatic heterocycles. The van der Waals surface area contributed by atoms with Crippen LogP contribution >= 0.6 is 0 Å². The highest BCUT2D eigenvalue weighted by atomic mass is 16.5. The van der Waals surface area contributed by atoms with E-state index in [1.807, 2.05) is 30.4 Å². The van der Waals surface area contributed by atoms with Crippen LogP contribution in [0.15, 0.2) is 42.2 Å². The maximum absolute atomic E-state index is 13.0. The molecule has 0 spiro atoms. The molecule has 8 nitrogen and oxygen atoms in total. The Morgan fingerprint density at radius 3 is 2.97 bits per heavy atom. The number of nitrogens with one attached hydrogen (secondary N) is 2. The van der Waals surface area contributed by atoms with Crippen LogP contribution in [0.25, 0.3) is 0 Å². The Morgan fingerprint density at radius 1 is 1.32 bits per heavy atom. The summed E-state index contributed by atoms with van der Waals surface area (Å²) in [5.41, 5.74) is 0.273. The number of hydrogen-bond acceptors (Lipinski definition) is 5. The summed E-state index contributed by atoms with van der Waals surface area (Å²) in [6.45, 7) is 1.05. The Bertz CT molecular complexity index is 1110. The van der Waals surface area contributed by atoms with Gasteiger partial charge in [0.2, 0.25) is 11.4 Å². The van der Waals surface area contributed by atoms with Crippen molar-refractivity contribution in [2.45, 2.75) is 12.0 Å². The largest absolute Gasteiger partial charge is 0.497 e. The summed E-state index contributed by atoms with van der Waals surface area (Å²) in [6.07, 6.45) is 6.39. The molecular weight excluding hydrogens is 398 g/mol. The van der Waals surface area contributed by atoms with Crippen LogP contribution in [-0.4, -0.2) is 55.1 Å². The van der Waals surface area contributed by atoms with Gasteiger partial charge in [-0.3, -0.25) is 14.9 Å². The molecule has 2 N–H and O–H groups in total. The molecule has 158 valence electrons. The maximum Gasteiger partial charge on any atom is 0.323 e. The van der Waals surface area contributed by atoms with Gasteiger partial charge in [-0.1, -0.05) is 17.9 Å². The molecule has 2 saturated heterocycles. The molecule has 31 heavy (non-hydrogen) atoms. The van der Waals surface area contributed by atoms with Crippen molar-refractivity contribution in [2.75, 3.05) is 26.8 Å². The second-order valence-corrected chi connectivity index (χ2v) is 8.03. The first-order chi connectivity index (χ1) is 15.0. The molecule has 1 aliphatic carbocycles. The van der Waals surface area contributed by atoms with Crippen LogP contribution in [0, 0.1) is 23.7 Å². The number of nitrogens with zero attached hydrogens (tertiary/aromatic N) is 1. The summed E-state index contributed by atoms with van der Waals surface area (Å²) in [4.78, 5) is 39.3. The fraction of sp³-hybridized carbons (Fsp3) is 0.348. The molecule has 0 saturated carbocycles. The van der Waals surface area contributed by atoms with Gasteiger partial charge < -0.3 is 19.7 Å². The monoisotopic (exact) mass is 419 g/mol. The van der Waals surface area contributed by atoms with Crippen LogP contribution in [0.2, 0.25) is 0 Å². The van der Waals surface area contributed by atoms with Gasteiger partial charge in [0.25, 0.3) is 5.91 Å². The maximum atomic E-state index is 13.0. The lowest BCUT2D eigenvalue weighted by Gasteiger charge is -2.26. The predicted octanol–water partition coefficient (Wildman–Crippen LogP) is 0.726. The first-order valence-electron chi connectivity index (χ1n) is 10.1. The topological polar surface area (TPSA) is 97.0 Å². The fourth-order valence-corrected chi connectivity index (χ4v) is 4.42. The number of hydrogen-bond donors (Lipinski definition) is 2. The number of benzene rings is 1. The van der Waals surface area contributed by atoms with Crippen molar-refractivity contribution in [1.82, 2.24) is 15.5 Å². The van der Waals surface area contributed by atoms with Gasteiger partial charge in [0.15, 0.2) is 0 Å². The normalized spacial score (nSPS) is 28.1. The number of amides is 4. The molecular formula is C23H21N3O5. The van der Waals surface area contributed by atoms with Gasteiger partial charge in [-0.05, 0) is 35.9 Å². The third kappa shape index (κ3) is 3.32. The van der Waals surface area contributed by atoms with Crippen LogP contribution in [-0.2, 0) is 20.7 Å². The van der Waals surface area contributed by atoms with Gasteiger partial charge >= 0.3 is 6.03 Å². The van der Waals surface area contributed by atoms with Gasteiger partial charge in [-0.25, -0.2) is 4.79 Å². The van der Waals surface area contributed by atoms with Crippen molar-refractivity contribution < 1.29 is 23.9 Å². The smallest absolute Gasteiger partial charge is 0.323 e. The third-order valence-corrected chi connectivity index (χ3v) is 6.06. The van der Waals surface area contributed by atoms with Crippen molar-refractivity contribution in [1.29, 1.82) is 0 Å². The van der Waals surface area contributed by atoms with Crippen LogP contribution < -0.4 is 15.4 Å². The second kappa shape index (κ2) is 7.20. The lowest BCUT2D eigenvalue weighted by Crippen LogP contribution is -2.55. The van der Waals surface area contributed by atoms with E-state index in [1.165, 1.54) is 0 Å². The lowest BCUT2D eigenvalue weighted by molar-refractivity contribution is -0.131. The highest BCUT2D eigenvalue weighted by Crippen LogP contribution is 2.33. The summed E-state index contributed by atoms with van der Waals surface area (Å²) in [6, 6.07) is 4.98. The molecule has 0 radical (unpaired) electrons. The zero-order chi connectivity index (χ0) is 21.6. The molecule has 2 unspecified atom stereocenters. The quantitative estimate of drug-likeness (QED) is 0.556. The molecule has 5 rings (SSSR count). The van der Waals surface area contributed by atoms with E-state index in [2.05, 4.69) is 22.5 Å². The molecule has 3 heterocycles. The van der Waals surface area contributed by atoms with E-state index in [0.29, 0.717) is 18.9 Å². The highest BCUT2D eigenvalue weighted by molar-refractivity contribution is 6.09. The van der Waals surface area contributed by atoms with E-state index >= 15 is 0 Å². The predicted molar refractivity (Wildman–Crippen MR) is 110 cm³/mol. The highest BCUT2D eigenvalue weighted by Gasteiger charge is 2.50. The average molecular weight is 419 g/mol. The van der Waals surface area contributed by atoms with Crippen LogP contribution in [0.5, 0.6) is 5.75 Å². The Morgan fingerprint density at radius 2 is 2.19 bits per heavy atom. The number of rotatable bonds is 3. The van der Waals surface area contributed by atoms with E-state index in [0.717, 1.165) is 23.3 Å². The molecule has 4 aliphatic rings. The van der Waals surface area contributed by atoms with Gasteiger partial charge in [-0.2, -0.15) is 0 Å². The summed E-state index contributed by atoms with van der Waals surface area (Å²) in [5.74, 6) is 6.41. The zero-order valence-corrected chi connectivity index (χ0v) is 16.9. The van der Waals surface area contributed by atoms with Gasteiger partial charge in [0.05, 0.1) is 26.2 Å². The number of carbonyl (C=O) groups excluding carboxylic acids is 3. The Hall–Kier alpha value is -3.73. The molecule has 8 heteroatoms. The van der Waals surface area contributed by atoms with E-state index in [9.17, 15) is 14.4 Å². The molecule has 3 atom stereocenters. The number of allylic oxidation sites excluding steroid dienone is 1. The summed E-state index contributed by atoms with van der Waals surface area (Å²) < 4.78 is 10.7. The summed E-state index contributed by atoms with van der Waals surface area (Å²) in [7, 11) is 1.56. The minimum Gasteiger partial charge on any atom is -0.497 e. The average Bonchev–Trinajstić information content (AvgIpc) is 3.43. The number of methoxy groups -OCH3 is 1. The van der Waals surface area contributed by atoms with Crippen molar-refractivity contribution in [3.8, 4) is 17.6 Å². The first-order valence-corrected chi connectivity index (χ1v) is 10.1. The number of likely N-dealkylation sites (tertiary alicyclic amines) is 1. The number of ether oxygens (including phenoxy) is 2. The Kier molecular flexibility index (Phi) is 4.47. The van der Waals surface area contributed by atoms with E-state index < -0.39 is 17.5 Å². The number of carbonyl (C=O) groups is 3. The van der Waals surface area contributed by atoms with Crippen molar-refractivity contribution in [2.24, 2.45) is 11.8 Å². The SMILES string of the molecule is COC1=CC2C(=O)N(C[C@@]3(C#Cc4ccc5c(c4)CCO5)NC(=O)NC3=O)CC2C=C1. The Balaban J connectivity index is 1.43. The molecule has 2 fully saturated rings. The van der Waals surface area contributed by atoms with Gasteiger partial charge in [0, 0.05) is 24.4 Å². The second-order valence-electron chi connectivity index (χ2n) is 8.03. The third-order valence-electron chi connectivity index (χ3n) is 6.06. The van der Waals surface area contributed by atoms with Crippen LogP contribution in [0.3, 0.4) is 0 Å².